The summed E-state index contributed by atoms with van der Waals surface area (Å²) in [4.78, 5) is 2.65. The number of rotatable bonds is 2. The summed E-state index contributed by atoms with van der Waals surface area (Å²) < 4.78 is 0. The fourth-order valence-electron chi connectivity index (χ4n) is 3.80. The van der Waals surface area contributed by atoms with E-state index in [0.29, 0.717) is 5.41 Å². The van der Waals surface area contributed by atoms with Gasteiger partial charge in [-0.1, -0.05) is 13.8 Å². The van der Waals surface area contributed by atoms with Crippen LogP contribution in [-0.4, -0.2) is 37.1 Å². The van der Waals surface area contributed by atoms with E-state index >= 15 is 0 Å². The van der Waals surface area contributed by atoms with Crippen molar-refractivity contribution < 1.29 is 0 Å². The number of piperidine rings is 1. The second kappa shape index (κ2) is 2.96. The van der Waals surface area contributed by atoms with Gasteiger partial charge in [0.1, 0.15) is 0 Å². The van der Waals surface area contributed by atoms with Crippen LogP contribution < -0.4 is 5.32 Å². The van der Waals surface area contributed by atoms with E-state index in [1.165, 1.54) is 39.0 Å². The summed E-state index contributed by atoms with van der Waals surface area (Å²) in [5, 5.41) is 3.70. The number of hydrogen-bond acceptors (Lipinski definition) is 2. The molecule has 1 aliphatic carbocycles. The van der Waals surface area contributed by atoms with Crippen molar-refractivity contribution in [3.05, 3.63) is 0 Å². The number of nitrogens with zero attached hydrogens (tertiary/aromatic N) is 1. The lowest BCUT2D eigenvalue weighted by atomic mass is 10.0. The van der Waals surface area contributed by atoms with Crippen molar-refractivity contribution in [2.24, 2.45) is 17.3 Å². The molecule has 80 valence electrons. The van der Waals surface area contributed by atoms with E-state index < -0.39 is 0 Å². The lowest BCUT2D eigenvalue weighted by Crippen LogP contribution is -2.40. The van der Waals surface area contributed by atoms with Gasteiger partial charge in [-0.2, -0.15) is 0 Å². The van der Waals surface area contributed by atoms with E-state index in [-0.39, 0.29) is 0 Å². The van der Waals surface area contributed by atoms with E-state index in [9.17, 15) is 0 Å². The molecule has 1 N–H and O–H groups in total. The maximum absolute atomic E-state index is 3.70. The Bertz CT molecular complexity index is 230. The van der Waals surface area contributed by atoms with E-state index in [1.807, 2.05) is 0 Å². The van der Waals surface area contributed by atoms with Gasteiger partial charge in [0.25, 0.3) is 0 Å². The molecule has 0 aromatic carbocycles. The first-order valence-electron chi connectivity index (χ1n) is 6.15. The summed E-state index contributed by atoms with van der Waals surface area (Å²) in [6.07, 6.45) is 2.84. The van der Waals surface area contributed by atoms with Crippen LogP contribution in [0, 0.1) is 17.3 Å². The third-order valence-corrected chi connectivity index (χ3v) is 4.83. The third-order valence-electron chi connectivity index (χ3n) is 4.83. The molecule has 0 radical (unpaired) electrons. The second-order valence-corrected chi connectivity index (χ2v) is 5.98. The Morgan fingerprint density at radius 1 is 1.29 bits per heavy atom. The Hall–Kier alpha value is -0.0800. The highest BCUT2D eigenvalue weighted by atomic mass is 15.2. The van der Waals surface area contributed by atoms with Gasteiger partial charge in [0, 0.05) is 12.6 Å². The number of fused-ring (bicyclic) bond motifs is 1. The molecule has 0 aromatic heterocycles. The van der Waals surface area contributed by atoms with Crippen LogP contribution in [0.25, 0.3) is 0 Å². The molecule has 2 heterocycles. The van der Waals surface area contributed by atoms with E-state index in [1.54, 1.807) is 0 Å². The van der Waals surface area contributed by atoms with Crippen LogP contribution in [0.2, 0.25) is 0 Å². The zero-order chi connectivity index (χ0) is 9.76. The maximum atomic E-state index is 3.70. The molecule has 3 rings (SSSR count). The minimum Gasteiger partial charge on any atom is -0.312 e. The van der Waals surface area contributed by atoms with Crippen molar-refractivity contribution in [2.75, 3.05) is 26.2 Å². The van der Waals surface area contributed by atoms with Crippen LogP contribution in [0.5, 0.6) is 0 Å². The molecular weight excluding hydrogens is 172 g/mol. The molecule has 14 heavy (non-hydrogen) atoms. The van der Waals surface area contributed by atoms with Gasteiger partial charge in [0.05, 0.1) is 0 Å². The average molecular weight is 194 g/mol. The SMILES string of the molecule is CC1(C)[C@@H]2[C@@H](CN3CCCC3)NC[C@@H]21. The molecule has 0 aromatic rings. The zero-order valence-electron chi connectivity index (χ0n) is 9.42. The lowest BCUT2D eigenvalue weighted by Gasteiger charge is -2.24. The van der Waals surface area contributed by atoms with Crippen molar-refractivity contribution in [3.8, 4) is 0 Å². The minimum atomic E-state index is 0.648. The van der Waals surface area contributed by atoms with Gasteiger partial charge < -0.3 is 10.2 Å². The standard InChI is InChI=1S/C12H22N2/c1-12(2)9-7-13-10(11(9)12)8-14-5-3-4-6-14/h9-11,13H,3-8H2,1-2H3/t9-,10+,11-/m0/s1. The molecule has 2 nitrogen and oxygen atoms in total. The highest BCUT2D eigenvalue weighted by Gasteiger charge is 2.63. The first-order chi connectivity index (χ1) is 6.69. The summed E-state index contributed by atoms with van der Waals surface area (Å²) in [5.74, 6) is 1.96. The molecule has 3 fully saturated rings. The maximum Gasteiger partial charge on any atom is 0.0231 e. The van der Waals surface area contributed by atoms with Gasteiger partial charge in [-0.05, 0) is 49.7 Å². The van der Waals surface area contributed by atoms with Crippen molar-refractivity contribution in [1.29, 1.82) is 0 Å². The Morgan fingerprint density at radius 2 is 2.00 bits per heavy atom. The summed E-state index contributed by atoms with van der Waals surface area (Å²) in [6, 6.07) is 0.799. The number of likely N-dealkylation sites (tertiary alicyclic amines) is 1. The highest BCUT2D eigenvalue weighted by molar-refractivity contribution is 5.15. The van der Waals surface area contributed by atoms with Crippen LogP contribution in [0.3, 0.4) is 0 Å². The molecule has 0 bridgehead atoms. The predicted octanol–water partition coefficient (Wildman–Crippen LogP) is 1.33. The van der Waals surface area contributed by atoms with E-state index in [4.69, 9.17) is 0 Å². The van der Waals surface area contributed by atoms with Crippen molar-refractivity contribution in [3.63, 3.8) is 0 Å². The molecular formula is C12H22N2. The van der Waals surface area contributed by atoms with Gasteiger partial charge in [0.15, 0.2) is 0 Å². The molecule has 3 atom stereocenters. The second-order valence-electron chi connectivity index (χ2n) is 5.98. The molecule has 2 aliphatic heterocycles. The molecule has 0 spiro atoms. The Labute approximate surface area is 87.0 Å². The topological polar surface area (TPSA) is 15.3 Å². The monoisotopic (exact) mass is 194 g/mol. The average Bonchev–Trinajstić information content (AvgIpc) is 2.64. The largest absolute Gasteiger partial charge is 0.312 e. The minimum absolute atomic E-state index is 0.648. The first-order valence-corrected chi connectivity index (χ1v) is 6.15. The van der Waals surface area contributed by atoms with Gasteiger partial charge in [-0.25, -0.2) is 0 Å². The fraction of sp³-hybridized carbons (Fsp3) is 1.00. The van der Waals surface area contributed by atoms with Gasteiger partial charge in [-0.15, -0.1) is 0 Å². The summed E-state index contributed by atoms with van der Waals surface area (Å²) >= 11 is 0. The first kappa shape index (κ1) is 9.17. The predicted molar refractivity (Wildman–Crippen MR) is 58.2 cm³/mol. The summed E-state index contributed by atoms with van der Waals surface area (Å²) in [6.45, 7) is 10.2. The van der Waals surface area contributed by atoms with Crippen LogP contribution in [-0.2, 0) is 0 Å². The Morgan fingerprint density at radius 3 is 2.57 bits per heavy atom. The van der Waals surface area contributed by atoms with Crippen molar-refractivity contribution >= 4 is 0 Å². The Balaban J connectivity index is 1.59. The van der Waals surface area contributed by atoms with Gasteiger partial charge in [-0.3, -0.25) is 0 Å². The van der Waals surface area contributed by atoms with Gasteiger partial charge in [0.2, 0.25) is 0 Å². The number of nitrogens with one attached hydrogen (secondary N) is 1. The molecule has 2 heteroatoms. The summed E-state index contributed by atoms with van der Waals surface area (Å²) in [5.41, 5.74) is 0.648. The smallest absolute Gasteiger partial charge is 0.0231 e. The molecule has 2 saturated heterocycles. The number of hydrogen-bond donors (Lipinski definition) is 1. The summed E-state index contributed by atoms with van der Waals surface area (Å²) in [7, 11) is 0. The van der Waals surface area contributed by atoms with Crippen molar-refractivity contribution in [2.45, 2.75) is 32.7 Å². The molecule has 3 aliphatic rings. The van der Waals surface area contributed by atoms with E-state index in [0.717, 1.165) is 17.9 Å². The van der Waals surface area contributed by atoms with Crippen molar-refractivity contribution in [1.82, 2.24) is 10.2 Å². The molecule has 0 unspecified atom stereocenters. The highest BCUT2D eigenvalue weighted by Crippen LogP contribution is 2.62. The third kappa shape index (κ3) is 1.24. The zero-order valence-corrected chi connectivity index (χ0v) is 9.42. The molecule has 0 amide bonds. The molecule has 1 saturated carbocycles. The van der Waals surface area contributed by atoms with E-state index in [2.05, 4.69) is 24.1 Å². The van der Waals surface area contributed by atoms with Crippen LogP contribution in [0.4, 0.5) is 0 Å². The van der Waals surface area contributed by atoms with Crippen LogP contribution in [0.15, 0.2) is 0 Å². The fourth-order valence-corrected chi connectivity index (χ4v) is 3.80. The Kier molecular flexibility index (Phi) is 1.94. The normalized spacial score (nSPS) is 45.4. The van der Waals surface area contributed by atoms with Gasteiger partial charge >= 0.3 is 0 Å². The lowest BCUT2D eigenvalue weighted by molar-refractivity contribution is 0.270. The quantitative estimate of drug-likeness (QED) is 0.713. The van der Waals surface area contributed by atoms with Crippen LogP contribution >= 0.6 is 0 Å². The van der Waals surface area contributed by atoms with Crippen LogP contribution in [0.1, 0.15) is 26.7 Å².